The van der Waals surface area contributed by atoms with E-state index in [0.29, 0.717) is 77.0 Å². The van der Waals surface area contributed by atoms with Gasteiger partial charge in [0.05, 0.1) is 67.8 Å². The summed E-state index contributed by atoms with van der Waals surface area (Å²) < 4.78 is 42.8. The average Bonchev–Trinajstić information content (AvgIpc) is 3.37. The molecule has 0 saturated heterocycles. The molecule has 22 nitrogen and oxygen atoms in total. The van der Waals surface area contributed by atoms with Crippen molar-refractivity contribution in [2.24, 2.45) is 0 Å². The molecule has 72 heavy (non-hydrogen) atoms. The number of nitrogens with two attached hydrogens (primary N) is 6. The van der Waals surface area contributed by atoms with Gasteiger partial charge in [-0.25, -0.2) is 15.0 Å². The number of rotatable bonds is 15. The third kappa shape index (κ3) is 11.8. The summed E-state index contributed by atoms with van der Waals surface area (Å²) >= 11 is 0. The summed E-state index contributed by atoms with van der Waals surface area (Å²) in [5, 5.41) is 4.92. The van der Waals surface area contributed by atoms with E-state index in [1.807, 2.05) is 68.4 Å². The summed E-state index contributed by atoms with van der Waals surface area (Å²) in [6.45, 7) is 4.54. The predicted octanol–water partition coefficient (Wildman–Crippen LogP) is 6.10. The van der Waals surface area contributed by atoms with Crippen LogP contribution in [-0.4, -0.2) is 91.8 Å². The van der Waals surface area contributed by atoms with Crippen LogP contribution in [0.2, 0.25) is 0 Å². The molecule has 8 aromatic rings. The van der Waals surface area contributed by atoms with E-state index in [-0.39, 0.29) is 17.8 Å². The van der Waals surface area contributed by atoms with Gasteiger partial charge in [-0.1, -0.05) is 6.07 Å². The molecule has 4 heterocycles. The van der Waals surface area contributed by atoms with Gasteiger partial charge in [-0.15, -0.1) is 0 Å². The second-order valence-electron chi connectivity index (χ2n) is 15.8. The molecule has 0 bridgehead atoms. The highest BCUT2D eigenvalue weighted by molar-refractivity contribution is 5.93. The molecular weight excluding hydrogens is 925 g/mol. The number of pyridine rings is 1. The van der Waals surface area contributed by atoms with Crippen molar-refractivity contribution in [1.82, 2.24) is 34.9 Å². The highest BCUT2D eigenvalue weighted by Crippen LogP contribution is 2.41. The van der Waals surface area contributed by atoms with Gasteiger partial charge in [0.1, 0.15) is 29.0 Å². The number of aryl methyl sites for hydroxylation is 2. The number of nitrogens with one attached hydrogen (secondary N) is 1. The van der Waals surface area contributed by atoms with Crippen LogP contribution in [-0.2, 0) is 19.4 Å². The standard InChI is InChI=1S/C19H23N5O3.C17H19N5O2.C14H18N4O3/c1-10-11(5-6-13-16(10)18(20)24-19(21)23-13)9-22-12-7-14(25-2)17(27-4)15(8-12)26-3;1-9-11(6-10-7-12(23-2)4-5-13(10)24-3)8-20-16-14(9)15(18)21-17(19)22-16;1-19-10-5-8(6-11(20-2)12(10)21-3)4-9-7-17-14(16)18-13(9)15/h5-8,22H,9H2,1-4H3,(H4,20,21,23,24);4-5,7-8H,6H2,1-3H3,(H4,18,19,20,21,22);5-7H,4H2,1-3H3,(H4,15,16,17,18). The van der Waals surface area contributed by atoms with Crippen molar-refractivity contribution >= 4 is 62.9 Å². The quantitative estimate of drug-likeness (QED) is 0.0609. The number of nitrogen functional groups attached to an aromatic ring is 6. The third-order valence-corrected chi connectivity index (χ3v) is 11.5. The van der Waals surface area contributed by atoms with Crippen molar-refractivity contribution < 1.29 is 37.9 Å². The Bertz CT molecular complexity index is 3160. The van der Waals surface area contributed by atoms with Gasteiger partial charge < -0.3 is 77.6 Å². The van der Waals surface area contributed by atoms with Crippen LogP contribution in [0.4, 0.5) is 41.0 Å². The van der Waals surface area contributed by atoms with Gasteiger partial charge in [0.2, 0.25) is 29.3 Å². The Balaban J connectivity index is 0.000000178. The molecule has 22 heteroatoms. The fraction of sp³-hybridized carbons (Fsp3) is 0.260. The van der Waals surface area contributed by atoms with Crippen LogP contribution in [0.1, 0.15) is 38.9 Å². The number of ether oxygens (including phenoxy) is 8. The van der Waals surface area contributed by atoms with Gasteiger partial charge in [-0.2, -0.15) is 19.9 Å². The van der Waals surface area contributed by atoms with E-state index in [9.17, 15) is 0 Å². The lowest BCUT2D eigenvalue weighted by molar-refractivity contribution is 0.324. The van der Waals surface area contributed by atoms with Crippen LogP contribution in [0.15, 0.2) is 67.0 Å². The molecule has 0 atom stereocenters. The molecule has 0 aliphatic carbocycles. The molecule has 4 aromatic carbocycles. The molecule has 0 fully saturated rings. The average molecular weight is 985 g/mol. The molecule has 0 unspecified atom stereocenters. The number of hydrogen-bond acceptors (Lipinski definition) is 22. The van der Waals surface area contributed by atoms with Crippen LogP contribution < -0.4 is 77.6 Å². The van der Waals surface area contributed by atoms with Crippen LogP contribution in [0.25, 0.3) is 21.9 Å². The van der Waals surface area contributed by atoms with Crippen LogP contribution in [0.5, 0.6) is 46.0 Å². The summed E-state index contributed by atoms with van der Waals surface area (Å²) in [5.41, 5.74) is 43.5. The summed E-state index contributed by atoms with van der Waals surface area (Å²) in [6, 6.07) is 17.0. The second-order valence-corrected chi connectivity index (χ2v) is 15.8. The van der Waals surface area contributed by atoms with Gasteiger partial charge in [0.15, 0.2) is 28.6 Å². The number of methoxy groups -OCH3 is 8. The Morgan fingerprint density at radius 1 is 0.444 bits per heavy atom. The number of aromatic nitrogens is 7. The molecular formula is C50H60N14O8. The Morgan fingerprint density at radius 3 is 1.56 bits per heavy atom. The van der Waals surface area contributed by atoms with Gasteiger partial charge in [0, 0.05) is 66.1 Å². The first kappa shape index (κ1) is 52.2. The van der Waals surface area contributed by atoms with Crippen LogP contribution in [0, 0.1) is 13.8 Å². The lowest BCUT2D eigenvalue weighted by Gasteiger charge is -2.16. The predicted molar refractivity (Wildman–Crippen MR) is 280 cm³/mol. The van der Waals surface area contributed by atoms with E-state index in [2.05, 4.69) is 40.2 Å². The molecule has 0 aliphatic rings. The number of benzene rings is 4. The number of hydrogen-bond donors (Lipinski definition) is 7. The number of nitrogens with zero attached hydrogens (tertiary/aromatic N) is 7. The topological polar surface area (TPSA) is 332 Å². The SMILES string of the molecule is COc1cc(Cc2cnc(N)nc2N)cc(OC)c1OC.COc1cc(NCc2ccc3nc(N)nc(N)c3c2C)cc(OC)c1OC.COc1ccc(OC)c(Cc2cnc3nc(N)nc(N)c3c2C)c1. The van der Waals surface area contributed by atoms with Gasteiger partial charge in [-0.05, 0) is 78.1 Å². The fourth-order valence-electron chi connectivity index (χ4n) is 7.82. The van der Waals surface area contributed by atoms with Gasteiger partial charge >= 0.3 is 0 Å². The van der Waals surface area contributed by atoms with E-state index in [0.717, 1.165) is 72.4 Å². The maximum Gasteiger partial charge on any atom is 0.224 e. The zero-order valence-electron chi connectivity index (χ0n) is 41.8. The van der Waals surface area contributed by atoms with Crippen LogP contribution >= 0.6 is 0 Å². The molecule has 4 aromatic heterocycles. The molecule has 0 spiro atoms. The van der Waals surface area contributed by atoms with E-state index in [1.54, 1.807) is 69.3 Å². The van der Waals surface area contributed by atoms with Gasteiger partial charge in [0.25, 0.3) is 0 Å². The van der Waals surface area contributed by atoms with E-state index in [1.165, 1.54) is 0 Å². The molecule has 0 radical (unpaired) electrons. The second kappa shape index (κ2) is 23.4. The Morgan fingerprint density at radius 2 is 0.986 bits per heavy atom. The minimum atomic E-state index is 0.120. The molecule has 0 saturated carbocycles. The fourth-order valence-corrected chi connectivity index (χ4v) is 7.82. The number of anilines is 7. The van der Waals surface area contributed by atoms with E-state index >= 15 is 0 Å². The van der Waals surface area contributed by atoms with Crippen molar-refractivity contribution in [3.05, 3.63) is 106 Å². The molecule has 378 valence electrons. The Hall–Kier alpha value is -9.21. The first-order valence-electron chi connectivity index (χ1n) is 22.0. The van der Waals surface area contributed by atoms with Crippen molar-refractivity contribution in [2.45, 2.75) is 33.2 Å². The van der Waals surface area contributed by atoms with Crippen LogP contribution in [0.3, 0.4) is 0 Å². The zero-order chi connectivity index (χ0) is 52.2. The van der Waals surface area contributed by atoms with E-state index in [4.69, 9.17) is 72.3 Å². The number of fused-ring (bicyclic) bond motifs is 2. The van der Waals surface area contributed by atoms with Gasteiger partial charge in [-0.3, -0.25) is 0 Å². The first-order chi connectivity index (χ1) is 34.6. The monoisotopic (exact) mass is 984 g/mol. The van der Waals surface area contributed by atoms with Crippen molar-refractivity contribution in [2.75, 3.05) is 96.6 Å². The highest BCUT2D eigenvalue weighted by Gasteiger charge is 2.18. The molecule has 8 rings (SSSR count). The largest absolute Gasteiger partial charge is 0.497 e. The maximum atomic E-state index is 6.04. The Labute approximate surface area is 416 Å². The van der Waals surface area contributed by atoms with Crippen molar-refractivity contribution in [1.29, 1.82) is 0 Å². The normalized spacial score (nSPS) is 10.6. The molecule has 0 amide bonds. The highest BCUT2D eigenvalue weighted by atomic mass is 16.5. The Kier molecular flexibility index (Phi) is 17.0. The summed E-state index contributed by atoms with van der Waals surface area (Å²) in [6.07, 6.45) is 4.55. The zero-order valence-corrected chi connectivity index (χ0v) is 41.8. The lowest BCUT2D eigenvalue weighted by Crippen LogP contribution is -2.06. The summed E-state index contributed by atoms with van der Waals surface area (Å²) in [7, 11) is 12.7. The molecule has 0 aliphatic heterocycles. The van der Waals surface area contributed by atoms with E-state index < -0.39 is 0 Å². The molecule has 13 N–H and O–H groups in total. The minimum absolute atomic E-state index is 0.120. The smallest absolute Gasteiger partial charge is 0.224 e. The lowest BCUT2D eigenvalue weighted by atomic mass is 9.99. The van der Waals surface area contributed by atoms with Crippen molar-refractivity contribution in [3.8, 4) is 46.0 Å². The third-order valence-electron chi connectivity index (χ3n) is 11.5. The minimum Gasteiger partial charge on any atom is -0.497 e. The summed E-state index contributed by atoms with van der Waals surface area (Å²) in [5.74, 6) is 6.51. The maximum absolute atomic E-state index is 6.04. The summed E-state index contributed by atoms with van der Waals surface area (Å²) in [4.78, 5) is 28.7. The first-order valence-corrected chi connectivity index (χ1v) is 22.0. The van der Waals surface area contributed by atoms with Crippen molar-refractivity contribution in [3.63, 3.8) is 0 Å².